The van der Waals surface area contributed by atoms with E-state index in [0.717, 1.165) is 16.5 Å². The molecule has 0 aliphatic rings. The lowest BCUT2D eigenvalue weighted by Crippen LogP contribution is -3.08. The van der Waals surface area contributed by atoms with Crippen LogP contribution in [0.5, 0.6) is 5.75 Å². The summed E-state index contributed by atoms with van der Waals surface area (Å²) in [5, 5.41) is 2.35. The Kier molecular flexibility index (Phi) is 6.03. The van der Waals surface area contributed by atoms with E-state index < -0.39 is 17.6 Å². The van der Waals surface area contributed by atoms with Crippen molar-refractivity contribution in [2.24, 2.45) is 0 Å². The lowest BCUT2D eigenvalue weighted by molar-refractivity contribution is -0.885. The Hall–Kier alpha value is -2.54. The Morgan fingerprint density at radius 2 is 1.88 bits per heavy atom. The third-order valence-electron chi connectivity index (χ3n) is 3.61. The summed E-state index contributed by atoms with van der Waals surface area (Å²) < 4.78 is 44.0. The van der Waals surface area contributed by atoms with Gasteiger partial charge < -0.3 is 15.0 Å². The molecule has 4 nitrogen and oxygen atoms in total. The maximum Gasteiger partial charge on any atom is 0.418 e. The van der Waals surface area contributed by atoms with E-state index in [0.29, 0.717) is 12.3 Å². The second-order valence-corrected chi connectivity index (χ2v) is 5.75. The Balaban J connectivity index is 1.98. The number of para-hydroxylation sites is 1. The van der Waals surface area contributed by atoms with Crippen molar-refractivity contribution in [3.8, 4) is 5.75 Å². The van der Waals surface area contributed by atoms with Crippen molar-refractivity contribution in [3.63, 3.8) is 0 Å². The summed E-state index contributed by atoms with van der Waals surface area (Å²) in [4.78, 5) is 12.9. The molecule has 2 aromatic carbocycles. The van der Waals surface area contributed by atoms with E-state index in [1.807, 2.05) is 24.3 Å². The molecular formula is C18H20F3N2O2+. The number of carbonyl (C=O) groups is 1. The van der Waals surface area contributed by atoms with Crippen LogP contribution in [0.15, 0.2) is 48.5 Å². The molecule has 7 heteroatoms. The highest BCUT2D eigenvalue weighted by Crippen LogP contribution is 2.34. The van der Waals surface area contributed by atoms with E-state index in [1.165, 1.54) is 18.2 Å². The molecule has 1 atom stereocenters. The maximum atomic E-state index is 13.0. The van der Waals surface area contributed by atoms with Gasteiger partial charge in [-0.3, -0.25) is 4.79 Å². The number of halogens is 3. The molecule has 0 aliphatic carbocycles. The van der Waals surface area contributed by atoms with Crippen LogP contribution in [-0.4, -0.2) is 26.6 Å². The summed E-state index contributed by atoms with van der Waals surface area (Å²) in [5.41, 5.74) is -0.108. The SMILES string of the molecule is COc1cccc(C[NH+](C)CC(=O)Nc2ccccc2C(F)(F)F)c1. The first kappa shape index (κ1) is 18.8. The van der Waals surface area contributed by atoms with Gasteiger partial charge in [-0.1, -0.05) is 24.3 Å². The van der Waals surface area contributed by atoms with Gasteiger partial charge in [-0.05, 0) is 24.3 Å². The summed E-state index contributed by atoms with van der Waals surface area (Å²) >= 11 is 0. The minimum Gasteiger partial charge on any atom is -0.497 e. The first-order chi connectivity index (χ1) is 11.8. The first-order valence-corrected chi connectivity index (χ1v) is 7.70. The summed E-state index contributed by atoms with van der Waals surface area (Å²) in [6, 6.07) is 12.4. The molecule has 2 rings (SSSR count). The standard InChI is InChI=1S/C18H19F3N2O2/c1-23(11-13-6-5-7-14(10-13)25-2)12-17(24)22-16-9-4-3-8-15(16)18(19,20)21/h3-10H,11-12H2,1-2H3,(H,22,24)/p+1. The van der Waals surface area contributed by atoms with Crippen LogP contribution < -0.4 is 15.0 Å². The van der Waals surface area contributed by atoms with E-state index >= 15 is 0 Å². The number of amides is 1. The Labute approximate surface area is 144 Å². The number of anilines is 1. The van der Waals surface area contributed by atoms with Crippen molar-refractivity contribution >= 4 is 11.6 Å². The van der Waals surface area contributed by atoms with Crippen LogP contribution >= 0.6 is 0 Å². The second-order valence-electron chi connectivity index (χ2n) is 5.75. The largest absolute Gasteiger partial charge is 0.497 e. The van der Waals surface area contributed by atoms with Crippen molar-refractivity contribution in [3.05, 3.63) is 59.7 Å². The highest BCUT2D eigenvalue weighted by Gasteiger charge is 2.33. The van der Waals surface area contributed by atoms with Crippen LogP contribution in [-0.2, 0) is 17.5 Å². The normalized spacial score (nSPS) is 12.5. The topological polar surface area (TPSA) is 42.8 Å². The number of rotatable bonds is 6. The van der Waals surface area contributed by atoms with Gasteiger partial charge in [-0.2, -0.15) is 13.2 Å². The molecule has 0 fully saturated rings. The highest BCUT2D eigenvalue weighted by atomic mass is 19.4. The van der Waals surface area contributed by atoms with Crippen LogP contribution in [0.4, 0.5) is 18.9 Å². The minimum absolute atomic E-state index is 0.0450. The monoisotopic (exact) mass is 353 g/mol. The van der Waals surface area contributed by atoms with E-state index in [9.17, 15) is 18.0 Å². The van der Waals surface area contributed by atoms with Crippen molar-refractivity contribution in [2.45, 2.75) is 12.7 Å². The van der Waals surface area contributed by atoms with E-state index in [-0.39, 0.29) is 12.2 Å². The molecule has 0 saturated carbocycles. The average Bonchev–Trinajstić information content (AvgIpc) is 2.54. The van der Waals surface area contributed by atoms with E-state index in [4.69, 9.17) is 4.74 Å². The highest BCUT2D eigenvalue weighted by molar-refractivity contribution is 5.92. The summed E-state index contributed by atoms with van der Waals surface area (Å²) in [7, 11) is 3.37. The summed E-state index contributed by atoms with van der Waals surface area (Å²) in [6.45, 7) is 0.592. The summed E-state index contributed by atoms with van der Waals surface area (Å²) in [5.74, 6) is 0.242. The third-order valence-corrected chi connectivity index (χ3v) is 3.61. The Morgan fingerprint density at radius 3 is 2.56 bits per heavy atom. The average molecular weight is 353 g/mol. The van der Waals surface area contributed by atoms with Gasteiger partial charge in [0, 0.05) is 5.56 Å². The number of carbonyl (C=O) groups excluding carboxylic acids is 1. The predicted octanol–water partition coefficient (Wildman–Crippen LogP) is 2.37. The number of nitrogens with one attached hydrogen (secondary N) is 2. The molecule has 0 aromatic heterocycles. The molecule has 0 heterocycles. The molecule has 0 spiro atoms. The second kappa shape index (κ2) is 8.02. The van der Waals surface area contributed by atoms with E-state index in [2.05, 4.69) is 5.32 Å². The van der Waals surface area contributed by atoms with Gasteiger partial charge >= 0.3 is 6.18 Å². The zero-order chi connectivity index (χ0) is 18.4. The van der Waals surface area contributed by atoms with E-state index in [1.54, 1.807) is 14.2 Å². The van der Waals surface area contributed by atoms with Gasteiger partial charge in [0.05, 0.1) is 25.4 Å². The number of hydrogen-bond acceptors (Lipinski definition) is 2. The predicted molar refractivity (Wildman–Crippen MR) is 88.5 cm³/mol. The fourth-order valence-electron chi connectivity index (χ4n) is 2.50. The molecule has 0 saturated heterocycles. The van der Waals surface area contributed by atoms with Crippen LogP contribution in [0.25, 0.3) is 0 Å². The van der Waals surface area contributed by atoms with Crippen molar-refractivity contribution in [1.29, 1.82) is 0 Å². The van der Waals surface area contributed by atoms with Gasteiger partial charge in [-0.15, -0.1) is 0 Å². The number of alkyl halides is 3. The van der Waals surface area contributed by atoms with Crippen molar-refractivity contribution in [1.82, 2.24) is 0 Å². The van der Waals surface area contributed by atoms with Crippen LogP contribution in [0, 0.1) is 0 Å². The third kappa shape index (κ3) is 5.49. The molecule has 25 heavy (non-hydrogen) atoms. The number of quaternary nitrogens is 1. The molecule has 0 radical (unpaired) electrons. The molecule has 134 valence electrons. The Morgan fingerprint density at radius 1 is 1.16 bits per heavy atom. The number of likely N-dealkylation sites (N-methyl/N-ethyl adjacent to an activating group) is 1. The lowest BCUT2D eigenvalue weighted by atomic mass is 10.1. The molecule has 2 N–H and O–H groups in total. The fraction of sp³-hybridized carbons (Fsp3) is 0.278. The van der Waals surface area contributed by atoms with Crippen LogP contribution in [0.3, 0.4) is 0 Å². The van der Waals surface area contributed by atoms with Crippen LogP contribution in [0.1, 0.15) is 11.1 Å². The quantitative estimate of drug-likeness (QED) is 0.837. The van der Waals surface area contributed by atoms with Crippen molar-refractivity contribution < 1.29 is 27.6 Å². The summed E-state index contributed by atoms with van der Waals surface area (Å²) in [6.07, 6.45) is -4.51. The number of methoxy groups -OCH3 is 1. The van der Waals surface area contributed by atoms with Gasteiger partial charge in [0.15, 0.2) is 6.54 Å². The minimum atomic E-state index is -4.51. The van der Waals surface area contributed by atoms with Gasteiger partial charge in [-0.25, -0.2) is 0 Å². The zero-order valence-corrected chi connectivity index (χ0v) is 14.0. The molecular weight excluding hydrogens is 333 g/mol. The molecule has 2 aromatic rings. The number of hydrogen-bond donors (Lipinski definition) is 2. The molecule has 1 unspecified atom stereocenters. The Bertz CT molecular complexity index is 732. The van der Waals surface area contributed by atoms with Crippen LogP contribution in [0.2, 0.25) is 0 Å². The lowest BCUT2D eigenvalue weighted by Gasteiger charge is -2.16. The smallest absolute Gasteiger partial charge is 0.418 e. The number of benzene rings is 2. The zero-order valence-electron chi connectivity index (χ0n) is 14.0. The van der Waals surface area contributed by atoms with Gasteiger partial charge in [0.2, 0.25) is 0 Å². The van der Waals surface area contributed by atoms with Gasteiger partial charge in [0.1, 0.15) is 12.3 Å². The van der Waals surface area contributed by atoms with Gasteiger partial charge in [0.25, 0.3) is 5.91 Å². The maximum absolute atomic E-state index is 13.0. The molecule has 0 aliphatic heterocycles. The first-order valence-electron chi connectivity index (χ1n) is 7.70. The fourth-order valence-corrected chi connectivity index (χ4v) is 2.50. The van der Waals surface area contributed by atoms with Crippen molar-refractivity contribution in [2.75, 3.05) is 26.0 Å². The number of ether oxygens (including phenoxy) is 1. The molecule has 0 bridgehead atoms. The molecule has 1 amide bonds.